The van der Waals surface area contributed by atoms with E-state index in [1.165, 1.54) is 32.1 Å². The van der Waals surface area contributed by atoms with Gasteiger partial charge in [0.2, 0.25) is 5.91 Å². The maximum Gasteiger partial charge on any atom is 0.223 e. The van der Waals surface area contributed by atoms with E-state index in [0.717, 1.165) is 19.4 Å². The van der Waals surface area contributed by atoms with Crippen LogP contribution in [0.2, 0.25) is 0 Å². The van der Waals surface area contributed by atoms with Crippen LogP contribution in [0, 0.1) is 5.92 Å². The standard InChI is InChI=1S/C14H28N2O2/c1-12(17)11-15-9-10-16-14(18)13-7-5-3-2-4-6-8-13/h12-13,15,17H,2-11H2,1H3,(H,16,18). The summed E-state index contributed by atoms with van der Waals surface area (Å²) in [5.74, 6) is 0.442. The number of hydrogen-bond donors (Lipinski definition) is 3. The molecule has 1 fully saturated rings. The number of rotatable bonds is 6. The third-order valence-corrected chi connectivity index (χ3v) is 3.52. The van der Waals surface area contributed by atoms with Gasteiger partial charge >= 0.3 is 0 Å². The largest absolute Gasteiger partial charge is 0.392 e. The average molecular weight is 256 g/mol. The Kier molecular flexibility index (Phi) is 8.01. The second-order valence-corrected chi connectivity index (χ2v) is 5.39. The lowest BCUT2D eigenvalue weighted by Crippen LogP contribution is -2.37. The van der Waals surface area contributed by atoms with E-state index in [9.17, 15) is 4.79 Å². The molecule has 4 heteroatoms. The van der Waals surface area contributed by atoms with Gasteiger partial charge in [-0.2, -0.15) is 0 Å². The number of hydrogen-bond acceptors (Lipinski definition) is 3. The Morgan fingerprint density at radius 3 is 2.39 bits per heavy atom. The molecule has 1 atom stereocenters. The highest BCUT2D eigenvalue weighted by molar-refractivity contribution is 5.78. The molecule has 1 rings (SSSR count). The van der Waals surface area contributed by atoms with Gasteiger partial charge < -0.3 is 15.7 Å². The van der Waals surface area contributed by atoms with Crippen LogP contribution in [0.1, 0.15) is 51.9 Å². The summed E-state index contributed by atoms with van der Waals surface area (Å²) in [5, 5.41) is 15.2. The maximum atomic E-state index is 12.0. The molecule has 1 amide bonds. The monoisotopic (exact) mass is 256 g/mol. The Hall–Kier alpha value is -0.610. The smallest absolute Gasteiger partial charge is 0.223 e. The second kappa shape index (κ2) is 9.34. The Labute approximate surface area is 111 Å². The number of aliphatic hydroxyl groups excluding tert-OH is 1. The third-order valence-electron chi connectivity index (χ3n) is 3.52. The van der Waals surface area contributed by atoms with Crippen LogP contribution >= 0.6 is 0 Å². The topological polar surface area (TPSA) is 61.4 Å². The molecule has 1 unspecified atom stereocenters. The van der Waals surface area contributed by atoms with Crippen molar-refractivity contribution in [1.82, 2.24) is 10.6 Å². The molecule has 1 aliphatic rings. The predicted octanol–water partition coefficient (Wildman–Crippen LogP) is 1.43. The summed E-state index contributed by atoms with van der Waals surface area (Å²) in [6.07, 6.45) is 8.04. The van der Waals surface area contributed by atoms with Crippen molar-refractivity contribution in [2.75, 3.05) is 19.6 Å². The molecule has 0 aromatic carbocycles. The summed E-state index contributed by atoms with van der Waals surface area (Å²) in [4.78, 5) is 12.0. The van der Waals surface area contributed by atoms with E-state index in [0.29, 0.717) is 13.1 Å². The lowest BCUT2D eigenvalue weighted by molar-refractivity contribution is -0.125. The minimum absolute atomic E-state index is 0.218. The highest BCUT2D eigenvalue weighted by Crippen LogP contribution is 2.22. The van der Waals surface area contributed by atoms with Crippen molar-refractivity contribution in [3.63, 3.8) is 0 Å². The molecule has 1 saturated carbocycles. The summed E-state index contributed by atoms with van der Waals surface area (Å²) < 4.78 is 0. The van der Waals surface area contributed by atoms with Crippen molar-refractivity contribution in [2.45, 2.75) is 58.0 Å². The molecule has 0 aromatic rings. The van der Waals surface area contributed by atoms with Crippen LogP contribution in [0.25, 0.3) is 0 Å². The van der Waals surface area contributed by atoms with Crippen LogP contribution in [-0.2, 0) is 4.79 Å². The summed E-state index contributed by atoms with van der Waals surface area (Å²) in [6.45, 7) is 3.71. The van der Waals surface area contributed by atoms with Gasteiger partial charge in [-0.15, -0.1) is 0 Å². The third kappa shape index (κ3) is 6.97. The van der Waals surface area contributed by atoms with E-state index in [4.69, 9.17) is 5.11 Å². The minimum atomic E-state index is -0.327. The van der Waals surface area contributed by atoms with E-state index in [1.807, 2.05) is 0 Å². The second-order valence-electron chi connectivity index (χ2n) is 5.39. The van der Waals surface area contributed by atoms with Crippen LogP contribution in [0.3, 0.4) is 0 Å². The molecule has 106 valence electrons. The van der Waals surface area contributed by atoms with Gasteiger partial charge in [0, 0.05) is 25.6 Å². The molecule has 0 radical (unpaired) electrons. The first kappa shape index (κ1) is 15.4. The normalized spacial score (nSPS) is 19.9. The van der Waals surface area contributed by atoms with Gasteiger partial charge in [-0.3, -0.25) is 4.79 Å². The fraction of sp³-hybridized carbons (Fsp3) is 0.929. The molecule has 0 aromatic heterocycles. The Balaban J connectivity index is 2.10. The lowest BCUT2D eigenvalue weighted by atomic mass is 9.90. The first-order valence-corrected chi connectivity index (χ1v) is 7.36. The van der Waals surface area contributed by atoms with Crippen molar-refractivity contribution in [3.05, 3.63) is 0 Å². The predicted molar refractivity (Wildman–Crippen MR) is 73.4 cm³/mol. The number of nitrogens with one attached hydrogen (secondary N) is 2. The molecule has 0 aliphatic heterocycles. The number of carbonyl (C=O) groups excluding carboxylic acids is 1. The lowest BCUT2D eigenvalue weighted by Gasteiger charge is -2.19. The first-order chi connectivity index (χ1) is 8.70. The van der Waals surface area contributed by atoms with Gasteiger partial charge in [-0.25, -0.2) is 0 Å². The van der Waals surface area contributed by atoms with Gasteiger partial charge in [0.05, 0.1) is 6.10 Å². The summed E-state index contributed by atoms with van der Waals surface area (Å²) in [6, 6.07) is 0. The van der Waals surface area contributed by atoms with Crippen molar-refractivity contribution < 1.29 is 9.90 Å². The molecular weight excluding hydrogens is 228 g/mol. The van der Waals surface area contributed by atoms with Crippen LogP contribution < -0.4 is 10.6 Å². The zero-order valence-corrected chi connectivity index (χ0v) is 11.6. The molecule has 0 heterocycles. The van der Waals surface area contributed by atoms with Gasteiger partial charge in [-0.1, -0.05) is 32.1 Å². The fourth-order valence-corrected chi connectivity index (χ4v) is 2.45. The molecule has 1 aliphatic carbocycles. The van der Waals surface area contributed by atoms with Gasteiger partial charge in [0.1, 0.15) is 0 Å². The Bertz CT molecular complexity index is 224. The van der Waals surface area contributed by atoms with Crippen LogP contribution in [0.5, 0.6) is 0 Å². The van der Waals surface area contributed by atoms with E-state index >= 15 is 0 Å². The molecule has 4 nitrogen and oxygen atoms in total. The first-order valence-electron chi connectivity index (χ1n) is 7.36. The number of amides is 1. The van der Waals surface area contributed by atoms with E-state index in [2.05, 4.69) is 10.6 Å². The molecular formula is C14H28N2O2. The van der Waals surface area contributed by atoms with E-state index in [1.54, 1.807) is 6.92 Å². The highest BCUT2D eigenvalue weighted by Gasteiger charge is 2.18. The van der Waals surface area contributed by atoms with Crippen LogP contribution in [0.4, 0.5) is 0 Å². The average Bonchev–Trinajstić information content (AvgIpc) is 2.27. The van der Waals surface area contributed by atoms with E-state index in [-0.39, 0.29) is 17.9 Å². The van der Waals surface area contributed by atoms with Crippen LogP contribution in [-0.4, -0.2) is 36.8 Å². The molecule has 0 saturated heterocycles. The quantitative estimate of drug-likeness (QED) is 0.630. The fourth-order valence-electron chi connectivity index (χ4n) is 2.45. The zero-order valence-electron chi connectivity index (χ0n) is 11.6. The summed E-state index contributed by atoms with van der Waals surface area (Å²) in [5.41, 5.74) is 0. The zero-order chi connectivity index (χ0) is 13.2. The SMILES string of the molecule is CC(O)CNCCNC(=O)C1CCCCCCC1. The highest BCUT2D eigenvalue weighted by atomic mass is 16.3. The van der Waals surface area contributed by atoms with Gasteiger partial charge in [-0.05, 0) is 19.8 Å². The summed E-state index contributed by atoms with van der Waals surface area (Å²) in [7, 11) is 0. The van der Waals surface area contributed by atoms with E-state index < -0.39 is 0 Å². The Morgan fingerprint density at radius 1 is 1.17 bits per heavy atom. The molecule has 0 bridgehead atoms. The minimum Gasteiger partial charge on any atom is -0.392 e. The Morgan fingerprint density at radius 2 is 1.78 bits per heavy atom. The van der Waals surface area contributed by atoms with Crippen molar-refractivity contribution in [1.29, 1.82) is 0 Å². The molecule has 18 heavy (non-hydrogen) atoms. The van der Waals surface area contributed by atoms with Crippen LogP contribution in [0.15, 0.2) is 0 Å². The maximum absolute atomic E-state index is 12.0. The van der Waals surface area contributed by atoms with Gasteiger partial charge in [0.25, 0.3) is 0 Å². The molecule has 3 N–H and O–H groups in total. The summed E-state index contributed by atoms with van der Waals surface area (Å²) >= 11 is 0. The van der Waals surface area contributed by atoms with Gasteiger partial charge in [0.15, 0.2) is 0 Å². The molecule has 0 spiro atoms. The van der Waals surface area contributed by atoms with Crippen molar-refractivity contribution in [3.8, 4) is 0 Å². The van der Waals surface area contributed by atoms with Crippen molar-refractivity contribution >= 4 is 5.91 Å². The number of carbonyl (C=O) groups is 1. The van der Waals surface area contributed by atoms with Crippen molar-refractivity contribution in [2.24, 2.45) is 5.92 Å². The number of aliphatic hydroxyl groups is 1.